The van der Waals surface area contributed by atoms with Crippen molar-refractivity contribution in [2.24, 2.45) is 5.73 Å². The highest BCUT2D eigenvalue weighted by Gasteiger charge is 2.32. The number of aromatic nitrogens is 2. The fourth-order valence-corrected chi connectivity index (χ4v) is 4.18. The van der Waals surface area contributed by atoms with Crippen molar-refractivity contribution in [3.05, 3.63) is 89.2 Å². The van der Waals surface area contributed by atoms with Crippen LogP contribution < -0.4 is 5.73 Å². The Bertz CT molecular complexity index is 867. The third-order valence-electron chi connectivity index (χ3n) is 5.04. The van der Waals surface area contributed by atoms with Gasteiger partial charge in [0.2, 0.25) is 0 Å². The highest BCUT2D eigenvalue weighted by atomic mass is 32.2. The minimum Gasteiger partial charge on any atom is -0.392 e. The summed E-state index contributed by atoms with van der Waals surface area (Å²) in [5.41, 5.74) is 9.71. The second-order valence-electron chi connectivity index (χ2n) is 7.14. The van der Waals surface area contributed by atoms with Gasteiger partial charge < -0.3 is 20.3 Å². The van der Waals surface area contributed by atoms with E-state index < -0.39 is 6.29 Å². The molecule has 1 fully saturated rings. The van der Waals surface area contributed by atoms with E-state index in [-0.39, 0.29) is 18.8 Å². The molecule has 3 aromatic rings. The number of ether oxygens (including phenoxy) is 2. The van der Waals surface area contributed by atoms with Gasteiger partial charge in [-0.1, -0.05) is 60.3 Å². The fraction of sp³-hybridized carbons (Fsp3) is 0.304. The van der Waals surface area contributed by atoms with Gasteiger partial charge in [0.15, 0.2) is 11.4 Å². The Morgan fingerprint density at radius 2 is 1.60 bits per heavy atom. The Hall–Kier alpha value is -2.29. The molecule has 30 heavy (non-hydrogen) atoms. The van der Waals surface area contributed by atoms with Crippen LogP contribution in [0.5, 0.6) is 0 Å². The van der Waals surface area contributed by atoms with Gasteiger partial charge in [-0.3, -0.25) is 0 Å². The number of nitrogens with zero attached hydrogens (tertiary/aromatic N) is 2. The second-order valence-corrected chi connectivity index (χ2v) is 8.13. The van der Waals surface area contributed by atoms with Crippen molar-refractivity contribution in [3.63, 3.8) is 0 Å². The monoisotopic (exact) mass is 423 g/mol. The summed E-state index contributed by atoms with van der Waals surface area (Å²) >= 11 is 1.58. The number of rotatable bonds is 7. The minimum absolute atomic E-state index is 0.0192. The molecule has 0 bridgehead atoms. The van der Waals surface area contributed by atoms with Crippen LogP contribution in [0.1, 0.15) is 41.1 Å². The van der Waals surface area contributed by atoms with Crippen molar-refractivity contribution < 1.29 is 14.6 Å². The Balaban J connectivity index is 1.52. The standard InChI is InChI=1S/C23H25N3O3S/c24-13-16-2-8-19(9-3-16)22-28-20(15-30-23-25-10-1-11-26-23)12-21(29-22)18-6-4-17(14-27)5-7-18/h1-11,20-22,27H,12-15,24H2. The Morgan fingerprint density at radius 1 is 0.933 bits per heavy atom. The van der Waals surface area contributed by atoms with E-state index in [1.54, 1.807) is 24.2 Å². The number of hydrogen-bond acceptors (Lipinski definition) is 7. The molecule has 2 heterocycles. The summed E-state index contributed by atoms with van der Waals surface area (Å²) in [5, 5.41) is 10.1. The topological polar surface area (TPSA) is 90.5 Å². The molecule has 1 aromatic heterocycles. The lowest BCUT2D eigenvalue weighted by Crippen LogP contribution is -2.31. The van der Waals surface area contributed by atoms with Crippen molar-refractivity contribution in [2.45, 2.75) is 43.2 Å². The smallest absolute Gasteiger partial charge is 0.187 e. The van der Waals surface area contributed by atoms with E-state index in [2.05, 4.69) is 9.97 Å². The molecule has 1 aliphatic rings. The molecule has 0 aliphatic carbocycles. The molecule has 3 N–H and O–H groups in total. The summed E-state index contributed by atoms with van der Waals surface area (Å²) in [6, 6.07) is 17.7. The first-order chi connectivity index (χ1) is 14.7. The zero-order valence-corrected chi connectivity index (χ0v) is 17.4. The molecule has 7 heteroatoms. The van der Waals surface area contributed by atoms with E-state index in [1.165, 1.54) is 0 Å². The first kappa shape index (κ1) is 21.0. The number of aliphatic hydroxyl groups excluding tert-OH is 1. The number of thioether (sulfide) groups is 1. The minimum atomic E-state index is -0.463. The van der Waals surface area contributed by atoms with Gasteiger partial charge in [0.25, 0.3) is 0 Å². The van der Waals surface area contributed by atoms with Gasteiger partial charge in [0, 0.05) is 36.7 Å². The Kier molecular flexibility index (Phi) is 7.09. The zero-order valence-electron chi connectivity index (χ0n) is 16.6. The van der Waals surface area contributed by atoms with Crippen LogP contribution in [0, 0.1) is 0 Å². The third kappa shape index (κ3) is 5.24. The maximum atomic E-state index is 9.32. The molecule has 0 amide bonds. The zero-order chi connectivity index (χ0) is 20.8. The summed E-state index contributed by atoms with van der Waals surface area (Å²) in [6.07, 6.45) is 3.63. The predicted molar refractivity (Wildman–Crippen MR) is 116 cm³/mol. The Morgan fingerprint density at radius 3 is 2.27 bits per heavy atom. The van der Waals surface area contributed by atoms with Gasteiger partial charge in [-0.15, -0.1) is 0 Å². The van der Waals surface area contributed by atoms with Crippen molar-refractivity contribution >= 4 is 11.8 Å². The molecular weight excluding hydrogens is 398 g/mol. The molecule has 0 spiro atoms. The molecule has 1 saturated heterocycles. The van der Waals surface area contributed by atoms with Crippen molar-refractivity contribution in [1.82, 2.24) is 9.97 Å². The molecule has 1 aliphatic heterocycles. The van der Waals surface area contributed by atoms with Gasteiger partial charge in [0.05, 0.1) is 18.8 Å². The summed E-state index contributed by atoms with van der Waals surface area (Å²) in [5.74, 6) is 0.732. The van der Waals surface area contributed by atoms with E-state index in [0.717, 1.165) is 39.6 Å². The van der Waals surface area contributed by atoms with Crippen molar-refractivity contribution in [1.29, 1.82) is 0 Å². The van der Waals surface area contributed by atoms with Crippen LogP contribution in [0.3, 0.4) is 0 Å². The summed E-state index contributed by atoms with van der Waals surface area (Å²) < 4.78 is 12.6. The number of hydrogen-bond donors (Lipinski definition) is 2. The summed E-state index contributed by atoms with van der Waals surface area (Å²) in [6.45, 7) is 0.532. The number of aliphatic hydroxyl groups is 1. The lowest BCUT2D eigenvalue weighted by molar-refractivity contribution is -0.245. The number of nitrogens with two attached hydrogens (primary N) is 1. The van der Waals surface area contributed by atoms with E-state index in [1.807, 2.05) is 54.6 Å². The predicted octanol–water partition coefficient (Wildman–Crippen LogP) is 3.77. The van der Waals surface area contributed by atoms with Crippen LogP contribution in [0.2, 0.25) is 0 Å². The lowest BCUT2D eigenvalue weighted by Gasteiger charge is -2.36. The van der Waals surface area contributed by atoms with Gasteiger partial charge >= 0.3 is 0 Å². The maximum Gasteiger partial charge on any atom is 0.187 e. The Labute approximate surface area is 180 Å². The second kappa shape index (κ2) is 10.1. The van der Waals surface area contributed by atoms with Crippen LogP contribution in [0.15, 0.2) is 72.1 Å². The fourth-order valence-electron chi connectivity index (χ4n) is 3.36. The van der Waals surface area contributed by atoms with Crippen LogP contribution in [0.4, 0.5) is 0 Å². The average molecular weight is 424 g/mol. The first-order valence-electron chi connectivity index (χ1n) is 9.94. The number of benzene rings is 2. The highest BCUT2D eigenvalue weighted by molar-refractivity contribution is 7.99. The maximum absolute atomic E-state index is 9.32. The van der Waals surface area contributed by atoms with E-state index in [9.17, 15) is 5.11 Å². The molecule has 0 radical (unpaired) electrons. The van der Waals surface area contributed by atoms with Crippen LogP contribution in [-0.2, 0) is 22.6 Å². The SMILES string of the molecule is NCc1ccc(C2OC(CSc3ncccn3)CC(c3ccc(CO)cc3)O2)cc1. The summed E-state index contributed by atoms with van der Waals surface area (Å²) in [4.78, 5) is 8.57. The first-order valence-corrected chi connectivity index (χ1v) is 10.9. The van der Waals surface area contributed by atoms with Crippen LogP contribution in [-0.4, -0.2) is 26.9 Å². The van der Waals surface area contributed by atoms with Gasteiger partial charge in [-0.05, 0) is 22.8 Å². The highest BCUT2D eigenvalue weighted by Crippen LogP contribution is 2.39. The van der Waals surface area contributed by atoms with Crippen LogP contribution >= 0.6 is 11.8 Å². The van der Waals surface area contributed by atoms with Crippen molar-refractivity contribution in [2.75, 3.05) is 5.75 Å². The average Bonchev–Trinajstić information content (AvgIpc) is 2.83. The molecule has 3 atom stereocenters. The molecule has 3 unspecified atom stereocenters. The molecule has 156 valence electrons. The van der Waals surface area contributed by atoms with E-state index in [4.69, 9.17) is 15.2 Å². The molecule has 4 rings (SSSR count). The normalized spacial score (nSPS) is 21.5. The van der Waals surface area contributed by atoms with Gasteiger partial charge in [-0.2, -0.15) is 0 Å². The molecule has 6 nitrogen and oxygen atoms in total. The largest absolute Gasteiger partial charge is 0.392 e. The van der Waals surface area contributed by atoms with Crippen LogP contribution in [0.25, 0.3) is 0 Å². The van der Waals surface area contributed by atoms with Gasteiger partial charge in [0.1, 0.15) is 0 Å². The van der Waals surface area contributed by atoms with E-state index >= 15 is 0 Å². The van der Waals surface area contributed by atoms with Gasteiger partial charge in [-0.25, -0.2) is 9.97 Å². The molecule has 0 saturated carbocycles. The molecular formula is C23H25N3O3S. The van der Waals surface area contributed by atoms with Crippen molar-refractivity contribution in [3.8, 4) is 0 Å². The van der Waals surface area contributed by atoms with E-state index in [0.29, 0.717) is 6.54 Å². The lowest BCUT2D eigenvalue weighted by atomic mass is 10.0. The third-order valence-corrected chi connectivity index (χ3v) is 6.05. The quantitative estimate of drug-likeness (QED) is 0.442. The molecule has 2 aromatic carbocycles. The summed E-state index contributed by atoms with van der Waals surface area (Å²) in [7, 11) is 0.